The van der Waals surface area contributed by atoms with Gasteiger partial charge in [-0.1, -0.05) is 19.3 Å². The number of nitrogens with two attached hydrogens (primary N) is 1. The number of carbonyl (C=O) groups is 1. The summed E-state index contributed by atoms with van der Waals surface area (Å²) in [5.74, 6) is -1.82. The molecule has 1 aromatic carbocycles. The van der Waals surface area contributed by atoms with E-state index in [-0.39, 0.29) is 37.2 Å². The Hall–Kier alpha value is -1.40. The highest BCUT2D eigenvalue weighted by Gasteiger charge is 2.34. The summed E-state index contributed by atoms with van der Waals surface area (Å²) in [6.07, 6.45) is 4.45. The minimum atomic E-state index is -0.959. The number of nitrogens with one attached hydrogen (secondary N) is 1. The summed E-state index contributed by atoms with van der Waals surface area (Å²) in [6, 6.07) is 3.31. The molecule has 3 N–H and O–H groups in total. The van der Waals surface area contributed by atoms with Crippen LogP contribution in [0.25, 0.3) is 0 Å². The van der Waals surface area contributed by atoms with Crippen LogP contribution in [0.15, 0.2) is 18.2 Å². The summed E-state index contributed by atoms with van der Waals surface area (Å²) in [7, 11) is 0. The molecular weight excluding hydrogens is 314 g/mol. The molecule has 0 spiro atoms. The Bertz CT molecular complexity index is 508. The SMILES string of the molecule is Cl.NC1(C(=O)NCCOc2ccc(F)c(F)c2)CCCCC1. The van der Waals surface area contributed by atoms with Crippen LogP contribution in [0, 0.1) is 11.6 Å². The van der Waals surface area contributed by atoms with Gasteiger partial charge in [-0.3, -0.25) is 4.79 Å². The Labute approximate surface area is 134 Å². The van der Waals surface area contributed by atoms with Crippen LogP contribution in [0.2, 0.25) is 0 Å². The van der Waals surface area contributed by atoms with E-state index < -0.39 is 17.2 Å². The predicted molar refractivity (Wildman–Crippen MR) is 82.1 cm³/mol. The largest absolute Gasteiger partial charge is 0.492 e. The maximum absolute atomic E-state index is 13.0. The molecule has 4 nitrogen and oxygen atoms in total. The zero-order chi connectivity index (χ0) is 15.3. The molecule has 0 radical (unpaired) electrons. The minimum Gasteiger partial charge on any atom is -0.492 e. The molecule has 1 aliphatic rings. The molecule has 0 heterocycles. The predicted octanol–water partition coefficient (Wildman–Crippen LogP) is 2.54. The quantitative estimate of drug-likeness (QED) is 0.813. The molecule has 2 rings (SSSR count). The van der Waals surface area contributed by atoms with Crippen LogP contribution in [0.3, 0.4) is 0 Å². The van der Waals surface area contributed by atoms with Crippen LogP contribution < -0.4 is 15.8 Å². The Balaban J connectivity index is 0.00000242. The fourth-order valence-corrected chi connectivity index (χ4v) is 2.49. The first kappa shape index (κ1) is 18.6. The van der Waals surface area contributed by atoms with Crippen LogP contribution in [-0.4, -0.2) is 24.6 Å². The molecule has 22 heavy (non-hydrogen) atoms. The van der Waals surface area contributed by atoms with Crippen LogP contribution in [-0.2, 0) is 4.79 Å². The molecule has 0 aromatic heterocycles. The smallest absolute Gasteiger partial charge is 0.240 e. The second kappa shape index (κ2) is 8.29. The van der Waals surface area contributed by atoms with Gasteiger partial charge in [0.1, 0.15) is 12.4 Å². The van der Waals surface area contributed by atoms with Crippen molar-refractivity contribution in [2.24, 2.45) is 5.73 Å². The Morgan fingerprint density at radius 1 is 1.23 bits per heavy atom. The number of carbonyl (C=O) groups excluding carboxylic acids is 1. The van der Waals surface area contributed by atoms with Crippen molar-refractivity contribution in [3.63, 3.8) is 0 Å². The van der Waals surface area contributed by atoms with Gasteiger partial charge in [-0.25, -0.2) is 8.78 Å². The highest BCUT2D eigenvalue weighted by atomic mass is 35.5. The maximum Gasteiger partial charge on any atom is 0.240 e. The Kier molecular flexibility index (Phi) is 7.03. The second-order valence-corrected chi connectivity index (χ2v) is 5.40. The lowest BCUT2D eigenvalue weighted by Gasteiger charge is -2.31. The number of benzene rings is 1. The van der Waals surface area contributed by atoms with Gasteiger partial charge in [0, 0.05) is 6.07 Å². The maximum atomic E-state index is 13.0. The van der Waals surface area contributed by atoms with Crippen molar-refractivity contribution in [2.45, 2.75) is 37.6 Å². The van der Waals surface area contributed by atoms with E-state index in [4.69, 9.17) is 10.5 Å². The average Bonchev–Trinajstić information content (AvgIpc) is 2.47. The topological polar surface area (TPSA) is 64.4 Å². The molecule has 0 saturated heterocycles. The highest BCUT2D eigenvalue weighted by Crippen LogP contribution is 2.25. The molecule has 0 atom stereocenters. The highest BCUT2D eigenvalue weighted by molar-refractivity contribution is 5.86. The van der Waals surface area contributed by atoms with E-state index in [0.717, 1.165) is 31.4 Å². The first-order chi connectivity index (χ1) is 10.0. The third-order valence-electron chi connectivity index (χ3n) is 3.75. The van der Waals surface area contributed by atoms with Crippen molar-refractivity contribution in [3.05, 3.63) is 29.8 Å². The average molecular weight is 335 g/mol. The molecule has 0 unspecified atom stereocenters. The van der Waals surface area contributed by atoms with Gasteiger partial charge >= 0.3 is 0 Å². The molecule has 1 aromatic rings. The second-order valence-electron chi connectivity index (χ2n) is 5.40. The van der Waals surface area contributed by atoms with Gasteiger partial charge in [0.25, 0.3) is 0 Å². The molecule has 1 fully saturated rings. The first-order valence-electron chi connectivity index (χ1n) is 7.16. The van der Waals surface area contributed by atoms with Gasteiger partial charge in [-0.15, -0.1) is 12.4 Å². The standard InChI is InChI=1S/C15H20F2N2O2.ClH/c16-12-5-4-11(10-13(12)17)21-9-8-19-14(20)15(18)6-2-1-3-7-15;/h4-5,10H,1-3,6-9,18H2,(H,19,20);1H. The number of halogens is 3. The van der Waals surface area contributed by atoms with Gasteiger partial charge in [0.2, 0.25) is 5.91 Å². The lowest BCUT2D eigenvalue weighted by atomic mass is 9.82. The molecule has 1 saturated carbocycles. The van der Waals surface area contributed by atoms with E-state index in [2.05, 4.69) is 5.32 Å². The number of rotatable bonds is 5. The zero-order valence-corrected chi connectivity index (χ0v) is 13.1. The summed E-state index contributed by atoms with van der Waals surface area (Å²) < 4.78 is 31.0. The lowest BCUT2D eigenvalue weighted by Crippen LogP contribution is -2.55. The van der Waals surface area contributed by atoms with Crippen LogP contribution >= 0.6 is 12.4 Å². The van der Waals surface area contributed by atoms with Crippen molar-refractivity contribution in [2.75, 3.05) is 13.2 Å². The number of ether oxygens (including phenoxy) is 1. The first-order valence-corrected chi connectivity index (χ1v) is 7.16. The molecule has 124 valence electrons. The van der Waals surface area contributed by atoms with Crippen molar-refractivity contribution < 1.29 is 18.3 Å². The van der Waals surface area contributed by atoms with Gasteiger partial charge in [-0.05, 0) is 25.0 Å². The van der Waals surface area contributed by atoms with E-state index >= 15 is 0 Å². The molecule has 1 amide bonds. The van der Waals surface area contributed by atoms with Crippen LogP contribution in [0.1, 0.15) is 32.1 Å². The van der Waals surface area contributed by atoms with Gasteiger partial charge < -0.3 is 15.8 Å². The fraction of sp³-hybridized carbons (Fsp3) is 0.533. The Morgan fingerprint density at radius 3 is 2.55 bits per heavy atom. The van der Waals surface area contributed by atoms with Crippen LogP contribution in [0.4, 0.5) is 8.78 Å². The van der Waals surface area contributed by atoms with Crippen molar-refractivity contribution in [1.82, 2.24) is 5.32 Å². The van der Waals surface area contributed by atoms with Crippen molar-refractivity contribution in [1.29, 1.82) is 0 Å². The third-order valence-corrected chi connectivity index (χ3v) is 3.75. The van der Waals surface area contributed by atoms with E-state index in [0.29, 0.717) is 12.8 Å². The van der Waals surface area contributed by atoms with E-state index in [1.54, 1.807) is 0 Å². The van der Waals surface area contributed by atoms with Crippen molar-refractivity contribution in [3.8, 4) is 5.75 Å². The van der Waals surface area contributed by atoms with E-state index in [1.807, 2.05) is 0 Å². The monoisotopic (exact) mass is 334 g/mol. The third kappa shape index (κ3) is 4.81. The number of hydrogen-bond donors (Lipinski definition) is 2. The van der Waals surface area contributed by atoms with Gasteiger partial charge in [0.15, 0.2) is 11.6 Å². The number of hydrogen-bond acceptors (Lipinski definition) is 3. The van der Waals surface area contributed by atoms with Gasteiger partial charge in [-0.2, -0.15) is 0 Å². The molecular formula is C15H21ClF2N2O2. The summed E-state index contributed by atoms with van der Waals surface area (Å²) in [5.41, 5.74) is 5.31. The molecule has 0 bridgehead atoms. The van der Waals surface area contributed by atoms with E-state index in [1.165, 1.54) is 6.07 Å². The summed E-state index contributed by atoms with van der Waals surface area (Å²) >= 11 is 0. The Morgan fingerprint density at radius 2 is 1.91 bits per heavy atom. The molecule has 7 heteroatoms. The summed E-state index contributed by atoms with van der Waals surface area (Å²) in [4.78, 5) is 12.0. The number of amides is 1. The summed E-state index contributed by atoms with van der Waals surface area (Å²) in [5, 5.41) is 2.73. The molecule has 0 aliphatic heterocycles. The zero-order valence-electron chi connectivity index (χ0n) is 12.2. The summed E-state index contributed by atoms with van der Waals surface area (Å²) in [6.45, 7) is 0.448. The molecule has 1 aliphatic carbocycles. The minimum absolute atomic E-state index is 0. The van der Waals surface area contributed by atoms with E-state index in [9.17, 15) is 13.6 Å². The fourth-order valence-electron chi connectivity index (χ4n) is 2.49. The van der Waals surface area contributed by atoms with Gasteiger partial charge in [0.05, 0.1) is 12.1 Å². The normalized spacial score (nSPS) is 16.5. The van der Waals surface area contributed by atoms with Crippen molar-refractivity contribution >= 4 is 18.3 Å². The van der Waals surface area contributed by atoms with Crippen LogP contribution in [0.5, 0.6) is 5.75 Å². The lowest BCUT2D eigenvalue weighted by molar-refractivity contribution is -0.127.